The quantitative estimate of drug-likeness (QED) is 0.280. The van der Waals surface area contributed by atoms with Gasteiger partial charge >= 0.3 is 5.69 Å². The zero-order chi connectivity index (χ0) is 20.0. The van der Waals surface area contributed by atoms with E-state index in [1.54, 1.807) is 25.0 Å². The Labute approximate surface area is 158 Å². The lowest BCUT2D eigenvalue weighted by Gasteiger charge is -2.28. The minimum atomic E-state index is -0.324. The Hall–Kier alpha value is -2.42. The normalized spacial score (nSPS) is 14.1. The number of nitrogens with zero attached hydrogens (tertiary/aromatic N) is 5. The van der Waals surface area contributed by atoms with Crippen LogP contribution < -0.4 is 22.6 Å². The molecule has 2 heterocycles. The maximum Gasteiger partial charge on any atom is 0.332 e. The maximum atomic E-state index is 12.7. The van der Waals surface area contributed by atoms with Crippen molar-refractivity contribution in [2.75, 3.05) is 0 Å². The van der Waals surface area contributed by atoms with E-state index in [2.05, 4.69) is 29.5 Å². The average Bonchev–Trinajstić information content (AvgIpc) is 3.05. The molecule has 0 fully saturated rings. The van der Waals surface area contributed by atoms with Crippen molar-refractivity contribution in [3.05, 3.63) is 27.2 Å². The van der Waals surface area contributed by atoms with Gasteiger partial charge in [0.15, 0.2) is 11.2 Å². The fourth-order valence-electron chi connectivity index (χ4n) is 3.71. The number of rotatable bonds is 10. The molecule has 0 aliphatic heterocycles. The van der Waals surface area contributed by atoms with Crippen molar-refractivity contribution in [3.63, 3.8) is 0 Å². The fourth-order valence-corrected chi connectivity index (χ4v) is 3.71. The van der Waals surface area contributed by atoms with E-state index >= 15 is 0 Å². The number of aryl methyl sites for hydroxylation is 2. The Morgan fingerprint density at radius 2 is 2.00 bits per heavy atom. The largest absolute Gasteiger partial charge is 0.332 e. The van der Waals surface area contributed by atoms with Crippen LogP contribution in [0.1, 0.15) is 52.4 Å². The van der Waals surface area contributed by atoms with Gasteiger partial charge < -0.3 is 4.57 Å². The molecule has 0 amide bonds. The van der Waals surface area contributed by atoms with Crippen LogP contribution in [-0.2, 0) is 20.6 Å². The van der Waals surface area contributed by atoms with Gasteiger partial charge in [-0.3, -0.25) is 13.9 Å². The third-order valence-electron chi connectivity index (χ3n) is 5.37. The molecule has 0 radical (unpaired) electrons. The molecule has 0 saturated heterocycles. The van der Waals surface area contributed by atoms with Gasteiger partial charge in [0, 0.05) is 32.3 Å². The Balaban J connectivity index is 2.15. The molecule has 2 aromatic heterocycles. The lowest BCUT2D eigenvalue weighted by molar-refractivity contribution is 0.328. The Morgan fingerprint density at radius 1 is 1.26 bits per heavy atom. The number of hydrogen-bond donors (Lipinski definition) is 2. The summed E-state index contributed by atoms with van der Waals surface area (Å²) in [6, 6.07) is 0. The summed E-state index contributed by atoms with van der Waals surface area (Å²) in [5, 5.41) is 4.03. The van der Waals surface area contributed by atoms with Gasteiger partial charge in [-0.25, -0.2) is 21.2 Å². The Morgan fingerprint density at radius 3 is 2.63 bits per heavy atom. The van der Waals surface area contributed by atoms with E-state index < -0.39 is 0 Å². The van der Waals surface area contributed by atoms with Gasteiger partial charge in [-0.05, 0) is 25.7 Å². The summed E-state index contributed by atoms with van der Waals surface area (Å²) in [6.45, 7) is 4.69. The monoisotopic (exact) mass is 377 g/mol. The van der Waals surface area contributed by atoms with Gasteiger partial charge in [-0.1, -0.05) is 26.7 Å². The average molecular weight is 377 g/mol. The number of nitrogens with two attached hydrogens (primary N) is 1. The molecule has 0 spiro atoms. The van der Waals surface area contributed by atoms with Crippen LogP contribution in [0.2, 0.25) is 0 Å². The Kier molecular flexibility index (Phi) is 6.95. The minimum absolute atomic E-state index is 0.0109. The van der Waals surface area contributed by atoms with Crippen molar-refractivity contribution in [3.8, 4) is 0 Å². The van der Waals surface area contributed by atoms with Crippen LogP contribution in [0.4, 0.5) is 0 Å². The molecule has 0 aliphatic carbocycles. The van der Waals surface area contributed by atoms with E-state index in [4.69, 9.17) is 5.84 Å². The number of unbranched alkanes of at least 4 members (excludes halogenated alkanes) is 1. The summed E-state index contributed by atoms with van der Waals surface area (Å²) in [7, 11) is 3.41. The molecule has 2 rings (SSSR count). The van der Waals surface area contributed by atoms with E-state index in [0.717, 1.165) is 38.5 Å². The highest BCUT2D eigenvalue weighted by Crippen LogP contribution is 2.32. The highest BCUT2D eigenvalue weighted by atomic mass is 16.2. The van der Waals surface area contributed by atoms with Crippen molar-refractivity contribution < 1.29 is 0 Å². The first-order chi connectivity index (χ1) is 12.9. The predicted octanol–water partition coefficient (Wildman–Crippen LogP) is 1.25. The van der Waals surface area contributed by atoms with E-state index in [0.29, 0.717) is 17.7 Å². The lowest BCUT2D eigenvalue weighted by atomic mass is 9.77. The molecular weight excluding hydrogens is 346 g/mol. The predicted molar refractivity (Wildman–Crippen MR) is 108 cm³/mol. The van der Waals surface area contributed by atoms with Gasteiger partial charge in [-0.2, -0.15) is 5.10 Å². The molecule has 0 aliphatic rings. The summed E-state index contributed by atoms with van der Waals surface area (Å²) in [6.07, 6.45) is 9.08. The fraction of sp³-hybridized carbons (Fsp3) is 0.667. The summed E-state index contributed by atoms with van der Waals surface area (Å²) in [5.41, 5.74) is 2.60. The zero-order valence-electron chi connectivity index (χ0n) is 16.7. The molecule has 0 aromatic carbocycles. The molecular formula is C18H31N7O2. The molecule has 2 aromatic rings. The standard InChI is InChI=1S/C18H31N7O2/c1-5-9-18(6-2,12-21-22-19)10-7-8-11-25-16(26)14-15(20-13-23(14)3)24(4)17(25)27/h12-13,22H,5-11,19H2,1-4H3/b21-12-. The van der Waals surface area contributed by atoms with Crippen LogP contribution in [0.5, 0.6) is 0 Å². The summed E-state index contributed by atoms with van der Waals surface area (Å²) >= 11 is 0. The summed E-state index contributed by atoms with van der Waals surface area (Å²) in [5.74, 6) is 5.28. The highest BCUT2D eigenvalue weighted by molar-refractivity contribution is 5.69. The number of imidazole rings is 1. The second-order valence-corrected chi connectivity index (χ2v) is 7.14. The smallest absolute Gasteiger partial charge is 0.328 e. The summed E-state index contributed by atoms with van der Waals surface area (Å²) in [4.78, 5) is 29.4. The van der Waals surface area contributed by atoms with Crippen LogP contribution in [0.25, 0.3) is 11.2 Å². The van der Waals surface area contributed by atoms with Crippen LogP contribution in [0, 0.1) is 5.41 Å². The van der Waals surface area contributed by atoms with Crippen molar-refractivity contribution in [1.82, 2.24) is 24.2 Å². The molecule has 1 unspecified atom stereocenters. The third-order valence-corrected chi connectivity index (χ3v) is 5.37. The number of hydrazone groups is 1. The van der Waals surface area contributed by atoms with E-state index in [-0.39, 0.29) is 16.7 Å². The lowest BCUT2D eigenvalue weighted by Crippen LogP contribution is -2.39. The van der Waals surface area contributed by atoms with Crippen molar-refractivity contribution in [2.24, 2.45) is 30.5 Å². The zero-order valence-corrected chi connectivity index (χ0v) is 16.7. The van der Waals surface area contributed by atoms with E-state index in [1.165, 1.54) is 9.13 Å². The molecule has 1 atom stereocenters. The van der Waals surface area contributed by atoms with Gasteiger partial charge in [-0.15, -0.1) is 0 Å². The van der Waals surface area contributed by atoms with Gasteiger partial charge in [0.1, 0.15) is 0 Å². The number of hydrazine groups is 1. The number of aromatic nitrogens is 4. The van der Waals surface area contributed by atoms with Crippen LogP contribution in [0.3, 0.4) is 0 Å². The number of nitrogens with one attached hydrogen (secondary N) is 1. The minimum Gasteiger partial charge on any atom is -0.328 e. The SMILES string of the molecule is CCCC(/C=N\NN)(CC)CCCCn1c(=O)c2c(ncn2C)n(C)c1=O. The second-order valence-electron chi connectivity index (χ2n) is 7.14. The van der Waals surface area contributed by atoms with Gasteiger partial charge in [0.2, 0.25) is 0 Å². The molecule has 27 heavy (non-hydrogen) atoms. The number of hydrogen-bond acceptors (Lipinski definition) is 6. The molecule has 9 heteroatoms. The second kappa shape index (κ2) is 8.98. The van der Waals surface area contributed by atoms with Gasteiger partial charge in [0.05, 0.1) is 6.33 Å². The van der Waals surface area contributed by atoms with E-state index in [9.17, 15) is 9.59 Å². The molecule has 9 nitrogen and oxygen atoms in total. The van der Waals surface area contributed by atoms with Crippen molar-refractivity contribution in [1.29, 1.82) is 0 Å². The van der Waals surface area contributed by atoms with E-state index in [1.807, 2.05) is 6.21 Å². The molecule has 3 N–H and O–H groups in total. The first kappa shape index (κ1) is 20.9. The van der Waals surface area contributed by atoms with Crippen LogP contribution >= 0.6 is 0 Å². The summed E-state index contributed by atoms with van der Waals surface area (Å²) < 4.78 is 4.41. The molecule has 0 saturated carbocycles. The van der Waals surface area contributed by atoms with Gasteiger partial charge in [0.25, 0.3) is 5.56 Å². The Bertz CT molecular complexity index is 909. The third kappa shape index (κ3) is 4.29. The topological polar surface area (TPSA) is 112 Å². The number of fused-ring (bicyclic) bond motifs is 1. The molecule has 0 bridgehead atoms. The van der Waals surface area contributed by atoms with Crippen molar-refractivity contribution in [2.45, 2.75) is 58.9 Å². The highest BCUT2D eigenvalue weighted by Gasteiger charge is 2.25. The van der Waals surface area contributed by atoms with Crippen LogP contribution in [-0.4, -0.2) is 24.9 Å². The first-order valence-corrected chi connectivity index (χ1v) is 9.51. The maximum absolute atomic E-state index is 12.7. The van der Waals surface area contributed by atoms with Crippen LogP contribution in [0.15, 0.2) is 21.0 Å². The first-order valence-electron chi connectivity index (χ1n) is 9.51. The van der Waals surface area contributed by atoms with Crippen molar-refractivity contribution >= 4 is 17.4 Å². The molecule has 150 valence electrons.